The normalized spacial score (nSPS) is 10.5. The maximum atomic E-state index is 11.7. The molecule has 0 bridgehead atoms. The molecule has 0 aliphatic carbocycles. The first kappa shape index (κ1) is 14.7. The fraction of sp³-hybridized carbons (Fsp3) is 0.125. The zero-order valence-corrected chi connectivity index (χ0v) is 12.3. The molecule has 0 spiro atoms. The Labute approximate surface area is 131 Å². The first-order chi connectivity index (χ1) is 11.2. The Morgan fingerprint density at radius 1 is 1.17 bits per heavy atom. The summed E-state index contributed by atoms with van der Waals surface area (Å²) in [6.45, 7) is 1.88. The Morgan fingerprint density at radius 3 is 2.78 bits per heavy atom. The zero-order chi connectivity index (χ0) is 16.2. The molecule has 0 aliphatic heterocycles. The molecule has 3 rings (SSSR count). The number of aromatic nitrogens is 3. The Bertz CT molecular complexity index is 853. The van der Waals surface area contributed by atoms with Crippen LogP contribution in [0.15, 0.2) is 42.7 Å². The molecule has 0 radical (unpaired) electrons. The summed E-state index contributed by atoms with van der Waals surface area (Å²) in [6.07, 6.45) is 2.99. The van der Waals surface area contributed by atoms with Crippen LogP contribution in [0.2, 0.25) is 0 Å². The van der Waals surface area contributed by atoms with Crippen molar-refractivity contribution in [3.8, 4) is 17.5 Å². The molecule has 0 amide bonds. The van der Waals surface area contributed by atoms with Crippen molar-refractivity contribution >= 4 is 16.9 Å². The largest absolute Gasteiger partial charge is 0.505 e. The standard InChI is InChI=1S/C16H13N3O4/c1-2-22-16(21)14-15(20)10-6-7-13(19-11(10)9-18-14)23-12-5-3-4-8-17-12/h3-9,20H,2H2,1H3. The number of rotatable bonds is 4. The lowest BCUT2D eigenvalue weighted by atomic mass is 10.2. The van der Waals surface area contributed by atoms with Crippen LogP contribution in [0.3, 0.4) is 0 Å². The predicted molar refractivity (Wildman–Crippen MR) is 81.5 cm³/mol. The van der Waals surface area contributed by atoms with Gasteiger partial charge in [-0.05, 0) is 19.1 Å². The van der Waals surface area contributed by atoms with Crippen molar-refractivity contribution in [2.24, 2.45) is 0 Å². The van der Waals surface area contributed by atoms with Crippen molar-refractivity contribution in [1.82, 2.24) is 15.0 Å². The van der Waals surface area contributed by atoms with E-state index in [1.54, 1.807) is 43.5 Å². The van der Waals surface area contributed by atoms with Crippen LogP contribution in [0.4, 0.5) is 0 Å². The van der Waals surface area contributed by atoms with E-state index in [9.17, 15) is 9.90 Å². The molecule has 1 N–H and O–H groups in total. The van der Waals surface area contributed by atoms with Crippen LogP contribution in [0.25, 0.3) is 10.9 Å². The molecule has 0 aromatic carbocycles. The lowest BCUT2D eigenvalue weighted by Crippen LogP contribution is -2.07. The van der Waals surface area contributed by atoms with Crippen LogP contribution in [-0.4, -0.2) is 32.6 Å². The third-order valence-corrected chi connectivity index (χ3v) is 3.01. The summed E-state index contributed by atoms with van der Waals surface area (Å²) in [5.41, 5.74) is 0.253. The van der Waals surface area contributed by atoms with E-state index in [0.717, 1.165) is 0 Å². The molecule has 0 unspecified atom stereocenters. The minimum atomic E-state index is -0.680. The molecule has 3 aromatic heterocycles. The summed E-state index contributed by atoms with van der Waals surface area (Å²) in [5, 5.41) is 10.6. The Kier molecular flexibility index (Phi) is 4.01. The number of hydrogen-bond acceptors (Lipinski definition) is 7. The van der Waals surface area contributed by atoms with Gasteiger partial charge in [-0.2, -0.15) is 0 Å². The summed E-state index contributed by atoms with van der Waals surface area (Å²) in [7, 11) is 0. The van der Waals surface area contributed by atoms with Crippen LogP contribution >= 0.6 is 0 Å². The monoisotopic (exact) mass is 311 g/mol. The topological polar surface area (TPSA) is 94.4 Å². The van der Waals surface area contributed by atoms with Crippen molar-refractivity contribution in [3.05, 3.63) is 48.4 Å². The average Bonchev–Trinajstić information content (AvgIpc) is 2.56. The number of hydrogen-bond donors (Lipinski definition) is 1. The van der Waals surface area contributed by atoms with Crippen molar-refractivity contribution in [3.63, 3.8) is 0 Å². The second-order valence-electron chi connectivity index (χ2n) is 4.53. The molecule has 0 saturated carbocycles. The van der Waals surface area contributed by atoms with Crippen LogP contribution in [0.1, 0.15) is 17.4 Å². The highest BCUT2D eigenvalue weighted by atomic mass is 16.5. The molecule has 3 aromatic rings. The lowest BCUT2D eigenvalue weighted by Gasteiger charge is -2.08. The van der Waals surface area contributed by atoms with E-state index in [-0.39, 0.29) is 18.1 Å². The van der Waals surface area contributed by atoms with Gasteiger partial charge in [0.25, 0.3) is 0 Å². The third kappa shape index (κ3) is 3.03. The summed E-state index contributed by atoms with van der Waals surface area (Å²) in [5.74, 6) is -0.237. The molecule has 0 aliphatic rings. The molecule has 0 atom stereocenters. The van der Waals surface area contributed by atoms with Crippen LogP contribution in [0.5, 0.6) is 17.5 Å². The molecule has 0 saturated heterocycles. The minimum Gasteiger partial charge on any atom is -0.505 e. The van der Waals surface area contributed by atoms with Gasteiger partial charge >= 0.3 is 5.97 Å². The zero-order valence-electron chi connectivity index (χ0n) is 12.3. The van der Waals surface area contributed by atoms with Gasteiger partial charge in [0.15, 0.2) is 11.4 Å². The molecule has 23 heavy (non-hydrogen) atoms. The van der Waals surface area contributed by atoms with Crippen molar-refractivity contribution in [2.75, 3.05) is 6.61 Å². The van der Waals surface area contributed by atoms with Gasteiger partial charge in [-0.25, -0.2) is 19.7 Å². The fourth-order valence-corrected chi connectivity index (χ4v) is 1.99. The van der Waals surface area contributed by atoms with Crippen molar-refractivity contribution < 1.29 is 19.4 Å². The summed E-state index contributed by atoms with van der Waals surface area (Å²) in [6, 6.07) is 8.44. The van der Waals surface area contributed by atoms with E-state index in [2.05, 4.69) is 15.0 Å². The average molecular weight is 311 g/mol. The Morgan fingerprint density at radius 2 is 2.04 bits per heavy atom. The smallest absolute Gasteiger partial charge is 0.360 e. The van der Waals surface area contributed by atoms with Crippen LogP contribution < -0.4 is 4.74 Å². The van der Waals surface area contributed by atoms with Gasteiger partial charge in [-0.1, -0.05) is 6.07 Å². The van der Waals surface area contributed by atoms with E-state index >= 15 is 0 Å². The van der Waals surface area contributed by atoms with E-state index in [4.69, 9.17) is 9.47 Å². The van der Waals surface area contributed by atoms with Gasteiger partial charge in [0.05, 0.1) is 18.3 Å². The van der Waals surface area contributed by atoms with Crippen molar-refractivity contribution in [2.45, 2.75) is 6.92 Å². The van der Waals surface area contributed by atoms with Gasteiger partial charge in [0, 0.05) is 23.7 Å². The number of pyridine rings is 3. The number of nitrogens with zero attached hydrogens (tertiary/aromatic N) is 3. The molecular weight excluding hydrogens is 298 g/mol. The maximum absolute atomic E-state index is 11.7. The van der Waals surface area contributed by atoms with E-state index < -0.39 is 5.97 Å². The number of ether oxygens (including phenoxy) is 2. The molecule has 116 valence electrons. The van der Waals surface area contributed by atoms with Gasteiger partial charge in [0.1, 0.15) is 0 Å². The molecule has 3 heterocycles. The van der Waals surface area contributed by atoms with Crippen molar-refractivity contribution in [1.29, 1.82) is 0 Å². The SMILES string of the molecule is CCOC(=O)c1ncc2nc(Oc3ccccn3)ccc2c1O. The highest BCUT2D eigenvalue weighted by Crippen LogP contribution is 2.29. The first-order valence-electron chi connectivity index (χ1n) is 6.93. The number of aromatic hydroxyl groups is 1. The molecular formula is C16H13N3O4. The Balaban J connectivity index is 1.95. The quantitative estimate of drug-likeness (QED) is 0.740. The summed E-state index contributed by atoms with van der Waals surface area (Å²) in [4.78, 5) is 23.9. The van der Waals surface area contributed by atoms with E-state index in [1.807, 2.05) is 0 Å². The predicted octanol–water partition coefficient (Wildman–Crippen LogP) is 2.70. The van der Waals surface area contributed by atoms with E-state index in [1.165, 1.54) is 6.20 Å². The number of carbonyl (C=O) groups excluding carboxylic acids is 1. The maximum Gasteiger partial charge on any atom is 0.360 e. The summed E-state index contributed by atoms with van der Waals surface area (Å²) < 4.78 is 10.4. The minimum absolute atomic E-state index is 0.139. The number of fused-ring (bicyclic) bond motifs is 1. The lowest BCUT2D eigenvalue weighted by molar-refractivity contribution is 0.0516. The van der Waals surface area contributed by atoms with Crippen LogP contribution in [-0.2, 0) is 4.74 Å². The van der Waals surface area contributed by atoms with Gasteiger partial charge < -0.3 is 14.6 Å². The van der Waals surface area contributed by atoms with Gasteiger partial charge in [-0.3, -0.25) is 0 Å². The second-order valence-corrected chi connectivity index (χ2v) is 4.53. The highest BCUT2D eigenvalue weighted by molar-refractivity contribution is 5.97. The third-order valence-electron chi connectivity index (χ3n) is 3.01. The Hall–Kier alpha value is -3.22. The van der Waals surface area contributed by atoms with Gasteiger partial charge in [0.2, 0.25) is 11.8 Å². The molecule has 0 fully saturated rings. The fourth-order valence-electron chi connectivity index (χ4n) is 1.99. The molecule has 7 heteroatoms. The molecule has 7 nitrogen and oxygen atoms in total. The van der Waals surface area contributed by atoms with E-state index in [0.29, 0.717) is 22.7 Å². The van der Waals surface area contributed by atoms with Crippen LogP contribution in [0, 0.1) is 0 Å². The first-order valence-corrected chi connectivity index (χ1v) is 6.93. The number of carbonyl (C=O) groups is 1. The number of esters is 1. The summed E-state index contributed by atoms with van der Waals surface area (Å²) >= 11 is 0. The second kappa shape index (κ2) is 6.27. The highest BCUT2D eigenvalue weighted by Gasteiger charge is 2.17. The van der Waals surface area contributed by atoms with Gasteiger partial charge in [-0.15, -0.1) is 0 Å².